The van der Waals surface area contributed by atoms with E-state index in [9.17, 15) is 4.79 Å². The number of carbonyl (C=O) groups is 1. The number of likely N-dealkylation sites (N-methyl/N-ethyl adjacent to an activating group) is 1. The molecule has 12 heavy (non-hydrogen) atoms. The van der Waals surface area contributed by atoms with E-state index in [4.69, 9.17) is 5.73 Å². The summed E-state index contributed by atoms with van der Waals surface area (Å²) in [5, 5.41) is 0. The van der Waals surface area contributed by atoms with Gasteiger partial charge in [0.2, 0.25) is 5.91 Å². The summed E-state index contributed by atoms with van der Waals surface area (Å²) in [5.74, 6) is -0.331. The molecule has 3 heteroatoms. The summed E-state index contributed by atoms with van der Waals surface area (Å²) in [4.78, 5) is 12.8. The molecular formula is C9H18N2O. The van der Waals surface area contributed by atoms with Gasteiger partial charge in [-0.3, -0.25) is 4.79 Å². The Morgan fingerprint density at radius 3 is 2.25 bits per heavy atom. The minimum atomic E-state index is -0.331. The quantitative estimate of drug-likeness (QED) is 0.619. The highest BCUT2D eigenvalue weighted by atomic mass is 16.1. The molecule has 0 aromatic rings. The van der Waals surface area contributed by atoms with E-state index in [1.807, 2.05) is 6.08 Å². The van der Waals surface area contributed by atoms with Gasteiger partial charge in [0.1, 0.15) is 0 Å². The number of primary amides is 1. The summed E-state index contributed by atoms with van der Waals surface area (Å²) in [6.45, 7) is 8.74. The van der Waals surface area contributed by atoms with Crippen molar-refractivity contribution in [3.63, 3.8) is 0 Å². The SMILES string of the molecule is CCN(CC)C/C=C(\C)C(N)=O. The molecule has 0 spiro atoms. The topological polar surface area (TPSA) is 46.3 Å². The maximum absolute atomic E-state index is 10.6. The van der Waals surface area contributed by atoms with E-state index >= 15 is 0 Å². The molecule has 3 nitrogen and oxygen atoms in total. The fourth-order valence-electron chi connectivity index (χ4n) is 0.848. The number of carbonyl (C=O) groups excluding carboxylic acids is 1. The Labute approximate surface area is 74.2 Å². The molecule has 0 heterocycles. The van der Waals surface area contributed by atoms with Gasteiger partial charge in [0.05, 0.1) is 0 Å². The molecule has 1 amide bonds. The highest BCUT2D eigenvalue weighted by Gasteiger charge is 1.98. The molecule has 0 bridgehead atoms. The van der Waals surface area contributed by atoms with Crippen LogP contribution in [0.15, 0.2) is 11.6 Å². The monoisotopic (exact) mass is 170 g/mol. The van der Waals surface area contributed by atoms with Crippen molar-refractivity contribution in [2.75, 3.05) is 19.6 Å². The van der Waals surface area contributed by atoms with Crippen LogP contribution in [-0.2, 0) is 4.79 Å². The smallest absolute Gasteiger partial charge is 0.244 e. The van der Waals surface area contributed by atoms with Gasteiger partial charge in [-0.25, -0.2) is 0 Å². The van der Waals surface area contributed by atoms with E-state index in [1.165, 1.54) is 0 Å². The van der Waals surface area contributed by atoms with E-state index in [-0.39, 0.29) is 5.91 Å². The highest BCUT2D eigenvalue weighted by Crippen LogP contribution is 1.93. The Morgan fingerprint density at radius 1 is 1.42 bits per heavy atom. The summed E-state index contributed by atoms with van der Waals surface area (Å²) in [5.41, 5.74) is 5.72. The van der Waals surface area contributed by atoms with Crippen LogP contribution in [0.25, 0.3) is 0 Å². The van der Waals surface area contributed by atoms with Crippen molar-refractivity contribution in [1.29, 1.82) is 0 Å². The fraction of sp³-hybridized carbons (Fsp3) is 0.667. The molecule has 0 unspecified atom stereocenters. The van der Waals surface area contributed by atoms with Crippen molar-refractivity contribution in [1.82, 2.24) is 4.90 Å². The van der Waals surface area contributed by atoms with Crippen molar-refractivity contribution in [3.8, 4) is 0 Å². The molecule has 0 fully saturated rings. The third-order valence-corrected chi connectivity index (χ3v) is 1.94. The van der Waals surface area contributed by atoms with Gasteiger partial charge in [0.15, 0.2) is 0 Å². The van der Waals surface area contributed by atoms with Crippen LogP contribution in [0.5, 0.6) is 0 Å². The van der Waals surface area contributed by atoms with Gasteiger partial charge in [0.25, 0.3) is 0 Å². The lowest BCUT2D eigenvalue weighted by Crippen LogP contribution is -2.23. The second-order valence-electron chi connectivity index (χ2n) is 2.74. The minimum absolute atomic E-state index is 0.331. The van der Waals surface area contributed by atoms with Gasteiger partial charge in [-0.1, -0.05) is 19.9 Å². The lowest BCUT2D eigenvalue weighted by atomic mass is 10.2. The summed E-state index contributed by atoms with van der Waals surface area (Å²) in [6, 6.07) is 0. The van der Waals surface area contributed by atoms with E-state index in [1.54, 1.807) is 6.92 Å². The van der Waals surface area contributed by atoms with Gasteiger partial charge in [-0.15, -0.1) is 0 Å². The lowest BCUT2D eigenvalue weighted by Gasteiger charge is -2.15. The molecule has 0 saturated heterocycles. The zero-order valence-corrected chi connectivity index (χ0v) is 8.13. The maximum Gasteiger partial charge on any atom is 0.244 e. The number of hydrogen-bond acceptors (Lipinski definition) is 2. The zero-order chi connectivity index (χ0) is 9.56. The minimum Gasteiger partial charge on any atom is -0.366 e. The molecule has 0 aliphatic carbocycles. The Hall–Kier alpha value is -0.830. The average molecular weight is 170 g/mol. The van der Waals surface area contributed by atoms with Crippen LogP contribution in [0.3, 0.4) is 0 Å². The van der Waals surface area contributed by atoms with Crippen LogP contribution in [0.1, 0.15) is 20.8 Å². The molecule has 0 saturated carbocycles. The first-order valence-electron chi connectivity index (χ1n) is 4.30. The van der Waals surface area contributed by atoms with Gasteiger partial charge < -0.3 is 10.6 Å². The molecule has 70 valence electrons. The predicted molar refractivity (Wildman–Crippen MR) is 50.7 cm³/mol. The van der Waals surface area contributed by atoms with Gasteiger partial charge >= 0.3 is 0 Å². The third kappa shape index (κ3) is 4.13. The molecule has 0 aromatic heterocycles. The molecule has 0 aliphatic heterocycles. The van der Waals surface area contributed by atoms with Crippen LogP contribution < -0.4 is 5.73 Å². The van der Waals surface area contributed by atoms with E-state index in [0.29, 0.717) is 5.57 Å². The summed E-state index contributed by atoms with van der Waals surface area (Å²) >= 11 is 0. The summed E-state index contributed by atoms with van der Waals surface area (Å²) in [6.07, 6.45) is 1.87. The van der Waals surface area contributed by atoms with Crippen LogP contribution >= 0.6 is 0 Å². The van der Waals surface area contributed by atoms with Gasteiger partial charge in [-0.05, 0) is 20.0 Å². The Balaban J connectivity index is 3.93. The largest absolute Gasteiger partial charge is 0.366 e. The van der Waals surface area contributed by atoms with Crippen LogP contribution in [0, 0.1) is 0 Å². The second kappa shape index (κ2) is 5.77. The van der Waals surface area contributed by atoms with Gasteiger partial charge in [-0.2, -0.15) is 0 Å². The van der Waals surface area contributed by atoms with Crippen molar-refractivity contribution < 1.29 is 4.79 Å². The molecule has 0 aliphatic rings. The molecule has 0 radical (unpaired) electrons. The summed E-state index contributed by atoms with van der Waals surface area (Å²) in [7, 11) is 0. The second-order valence-corrected chi connectivity index (χ2v) is 2.74. The van der Waals surface area contributed by atoms with Crippen molar-refractivity contribution in [2.24, 2.45) is 5.73 Å². The first-order chi connectivity index (χ1) is 5.61. The lowest BCUT2D eigenvalue weighted by molar-refractivity contribution is -0.114. The Kier molecular flexibility index (Phi) is 5.37. The van der Waals surface area contributed by atoms with E-state index in [0.717, 1.165) is 19.6 Å². The first kappa shape index (κ1) is 11.2. The van der Waals surface area contributed by atoms with Crippen molar-refractivity contribution >= 4 is 5.91 Å². The number of hydrogen-bond donors (Lipinski definition) is 1. The van der Waals surface area contributed by atoms with Crippen LogP contribution in [0.4, 0.5) is 0 Å². The number of amides is 1. The van der Waals surface area contributed by atoms with Crippen LogP contribution in [-0.4, -0.2) is 30.4 Å². The Morgan fingerprint density at radius 2 is 1.92 bits per heavy atom. The molecule has 0 atom stereocenters. The molecule has 0 aromatic carbocycles. The van der Waals surface area contributed by atoms with E-state index < -0.39 is 0 Å². The normalized spacial score (nSPS) is 12.2. The number of rotatable bonds is 5. The number of nitrogens with two attached hydrogens (primary N) is 1. The maximum atomic E-state index is 10.6. The van der Waals surface area contributed by atoms with Crippen molar-refractivity contribution in [3.05, 3.63) is 11.6 Å². The standard InChI is InChI=1S/C9H18N2O/c1-4-11(5-2)7-6-8(3)9(10)12/h6H,4-5,7H2,1-3H3,(H2,10,12)/b8-6+. The number of nitrogens with zero attached hydrogens (tertiary/aromatic N) is 1. The zero-order valence-electron chi connectivity index (χ0n) is 8.13. The average Bonchev–Trinajstić information content (AvgIpc) is 2.05. The van der Waals surface area contributed by atoms with Crippen molar-refractivity contribution in [2.45, 2.75) is 20.8 Å². The molecule has 0 rings (SSSR count). The Bertz CT molecular complexity index is 171. The first-order valence-corrected chi connectivity index (χ1v) is 4.30. The molecule has 2 N–H and O–H groups in total. The van der Waals surface area contributed by atoms with E-state index in [2.05, 4.69) is 18.7 Å². The predicted octanol–water partition coefficient (Wildman–Crippen LogP) is 0.760. The van der Waals surface area contributed by atoms with Crippen LogP contribution in [0.2, 0.25) is 0 Å². The summed E-state index contributed by atoms with van der Waals surface area (Å²) < 4.78 is 0. The fourth-order valence-corrected chi connectivity index (χ4v) is 0.848. The molecular weight excluding hydrogens is 152 g/mol. The third-order valence-electron chi connectivity index (χ3n) is 1.94. The van der Waals surface area contributed by atoms with Gasteiger partial charge in [0, 0.05) is 12.1 Å². The highest BCUT2D eigenvalue weighted by molar-refractivity contribution is 5.91.